The van der Waals surface area contributed by atoms with Gasteiger partial charge >= 0.3 is 0 Å². The SMILES string of the molecule is Cc1ccc(-c2cc(C(=O)NCc3c(C)cc(C)[nH]c3=O)cc3c2OCC32CCCC2)cn1. The lowest BCUT2D eigenvalue weighted by molar-refractivity contribution is 0.0950. The smallest absolute Gasteiger partial charge is 0.253 e. The van der Waals surface area contributed by atoms with Gasteiger partial charge in [-0.2, -0.15) is 0 Å². The van der Waals surface area contributed by atoms with Gasteiger partial charge in [0, 0.05) is 57.4 Å². The van der Waals surface area contributed by atoms with Gasteiger partial charge in [-0.1, -0.05) is 18.9 Å². The Hall–Kier alpha value is -3.41. The molecule has 0 radical (unpaired) electrons. The Morgan fingerprint density at radius 1 is 1.15 bits per heavy atom. The number of nitrogens with zero attached hydrogens (tertiary/aromatic N) is 1. The second kappa shape index (κ2) is 8.18. The second-order valence-corrected chi connectivity index (χ2v) is 9.49. The van der Waals surface area contributed by atoms with Crippen molar-refractivity contribution in [1.29, 1.82) is 0 Å². The third-order valence-electron chi connectivity index (χ3n) is 7.12. The number of carbonyl (C=O) groups is 1. The molecule has 1 saturated carbocycles. The van der Waals surface area contributed by atoms with Gasteiger partial charge < -0.3 is 15.0 Å². The highest BCUT2D eigenvalue weighted by Gasteiger charge is 2.44. The van der Waals surface area contributed by atoms with Crippen LogP contribution in [0.3, 0.4) is 0 Å². The molecule has 2 aromatic heterocycles. The van der Waals surface area contributed by atoms with Crippen molar-refractivity contribution in [3.63, 3.8) is 0 Å². The van der Waals surface area contributed by atoms with Crippen LogP contribution in [-0.2, 0) is 12.0 Å². The number of hydrogen-bond donors (Lipinski definition) is 2. The van der Waals surface area contributed by atoms with Crippen LogP contribution in [0.4, 0.5) is 0 Å². The number of carbonyl (C=O) groups excluding carboxylic acids is 1. The number of rotatable bonds is 4. The van der Waals surface area contributed by atoms with Gasteiger partial charge in [-0.15, -0.1) is 0 Å². The van der Waals surface area contributed by atoms with E-state index in [2.05, 4.69) is 15.3 Å². The topological polar surface area (TPSA) is 84.1 Å². The standard InChI is InChI=1S/C27H29N3O3/c1-16-10-18(3)30-26(32)22(16)14-29-25(31)20-11-21(19-7-6-17(2)28-13-19)24-23(12-20)27(15-33-24)8-4-5-9-27/h6-7,10-13H,4-5,8-9,14-15H2,1-3H3,(H,29,31)(H,30,32). The van der Waals surface area contributed by atoms with Crippen LogP contribution in [-0.4, -0.2) is 22.5 Å². The van der Waals surface area contributed by atoms with Crippen molar-refractivity contribution in [2.45, 2.75) is 58.4 Å². The van der Waals surface area contributed by atoms with Gasteiger partial charge in [-0.05, 0) is 63.4 Å². The van der Waals surface area contributed by atoms with Crippen LogP contribution < -0.4 is 15.6 Å². The maximum Gasteiger partial charge on any atom is 0.253 e. The van der Waals surface area contributed by atoms with Crippen molar-refractivity contribution in [1.82, 2.24) is 15.3 Å². The summed E-state index contributed by atoms with van der Waals surface area (Å²) in [5.74, 6) is 0.684. The molecule has 6 heteroatoms. The van der Waals surface area contributed by atoms with Gasteiger partial charge in [0.25, 0.3) is 11.5 Å². The summed E-state index contributed by atoms with van der Waals surface area (Å²) in [6.45, 7) is 6.54. The summed E-state index contributed by atoms with van der Waals surface area (Å²) in [6, 6.07) is 9.81. The molecule has 1 amide bonds. The highest BCUT2D eigenvalue weighted by atomic mass is 16.5. The number of nitrogens with one attached hydrogen (secondary N) is 2. The van der Waals surface area contributed by atoms with E-state index in [0.717, 1.165) is 52.2 Å². The minimum absolute atomic E-state index is 0.0107. The van der Waals surface area contributed by atoms with Crippen molar-refractivity contribution < 1.29 is 9.53 Å². The molecule has 6 nitrogen and oxygen atoms in total. The van der Waals surface area contributed by atoms with E-state index in [1.807, 2.05) is 57.3 Å². The molecule has 1 aromatic carbocycles. The molecule has 33 heavy (non-hydrogen) atoms. The van der Waals surface area contributed by atoms with Gasteiger partial charge in [0.15, 0.2) is 0 Å². The number of hydrogen-bond acceptors (Lipinski definition) is 4. The van der Waals surface area contributed by atoms with Crippen molar-refractivity contribution in [3.05, 3.63) is 80.5 Å². The lowest BCUT2D eigenvalue weighted by Crippen LogP contribution is -2.28. The molecular formula is C27H29N3O3. The summed E-state index contributed by atoms with van der Waals surface area (Å²) >= 11 is 0. The molecule has 2 aliphatic rings. The number of aromatic amines is 1. The zero-order valence-electron chi connectivity index (χ0n) is 19.4. The first kappa shape index (κ1) is 21.4. The minimum Gasteiger partial charge on any atom is -0.492 e. The fourth-order valence-electron chi connectivity index (χ4n) is 5.28. The van der Waals surface area contributed by atoms with Gasteiger partial charge in [0.1, 0.15) is 5.75 Å². The third-order valence-corrected chi connectivity index (χ3v) is 7.12. The van der Waals surface area contributed by atoms with Gasteiger partial charge in [0.2, 0.25) is 0 Å². The van der Waals surface area contributed by atoms with Crippen LogP contribution >= 0.6 is 0 Å². The number of ether oxygens (including phenoxy) is 1. The Labute approximate surface area is 193 Å². The zero-order valence-corrected chi connectivity index (χ0v) is 19.4. The summed E-state index contributed by atoms with van der Waals surface area (Å²) in [7, 11) is 0. The predicted molar refractivity (Wildman–Crippen MR) is 128 cm³/mol. The highest BCUT2D eigenvalue weighted by molar-refractivity contribution is 5.97. The van der Waals surface area contributed by atoms with E-state index in [1.165, 1.54) is 12.8 Å². The van der Waals surface area contributed by atoms with Crippen molar-refractivity contribution in [3.8, 4) is 16.9 Å². The molecule has 0 unspecified atom stereocenters. The molecule has 170 valence electrons. The first-order valence-electron chi connectivity index (χ1n) is 11.6. The van der Waals surface area contributed by atoms with Crippen LogP contribution in [0, 0.1) is 20.8 Å². The monoisotopic (exact) mass is 443 g/mol. The molecule has 1 aliphatic heterocycles. The molecule has 1 fully saturated rings. The van der Waals surface area contributed by atoms with E-state index in [-0.39, 0.29) is 23.4 Å². The zero-order chi connectivity index (χ0) is 23.2. The Balaban J connectivity index is 1.52. The van der Waals surface area contributed by atoms with E-state index in [0.29, 0.717) is 17.7 Å². The molecule has 1 aliphatic carbocycles. The Kier molecular flexibility index (Phi) is 5.31. The molecule has 3 heterocycles. The largest absolute Gasteiger partial charge is 0.492 e. The minimum atomic E-state index is -0.196. The number of fused-ring (bicyclic) bond motifs is 2. The summed E-state index contributed by atoms with van der Waals surface area (Å²) < 4.78 is 6.25. The number of H-pyrrole nitrogens is 1. The Bertz CT molecular complexity index is 1290. The van der Waals surface area contributed by atoms with Crippen LogP contribution in [0.1, 0.15) is 64.1 Å². The predicted octanol–water partition coefficient (Wildman–Crippen LogP) is 4.50. The average molecular weight is 444 g/mol. The lowest BCUT2D eigenvalue weighted by Gasteiger charge is -2.22. The number of aromatic nitrogens is 2. The van der Waals surface area contributed by atoms with Crippen LogP contribution in [0.15, 0.2) is 41.3 Å². The first-order valence-corrected chi connectivity index (χ1v) is 11.6. The highest BCUT2D eigenvalue weighted by Crippen LogP contribution is 2.52. The number of benzene rings is 1. The van der Waals surface area contributed by atoms with Crippen LogP contribution in [0.5, 0.6) is 5.75 Å². The van der Waals surface area contributed by atoms with E-state index in [4.69, 9.17) is 4.74 Å². The molecule has 0 saturated heterocycles. The summed E-state index contributed by atoms with van der Waals surface area (Å²) in [5, 5.41) is 2.96. The number of amides is 1. The quantitative estimate of drug-likeness (QED) is 0.622. The first-order chi connectivity index (χ1) is 15.9. The van der Waals surface area contributed by atoms with Crippen molar-refractivity contribution in [2.75, 3.05) is 6.61 Å². The average Bonchev–Trinajstić information content (AvgIpc) is 3.41. The molecule has 2 N–H and O–H groups in total. The number of pyridine rings is 2. The van der Waals surface area contributed by atoms with Crippen molar-refractivity contribution >= 4 is 5.91 Å². The van der Waals surface area contributed by atoms with Gasteiger partial charge in [-0.3, -0.25) is 14.6 Å². The fraction of sp³-hybridized carbons (Fsp3) is 0.370. The van der Waals surface area contributed by atoms with Crippen molar-refractivity contribution in [2.24, 2.45) is 0 Å². The summed E-state index contributed by atoms with van der Waals surface area (Å²) in [4.78, 5) is 32.9. The van der Waals surface area contributed by atoms with E-state index in [1.54, 1.807) is 0 Å². The van der Waals surface area contributed by atoms with E-state index < -0.39 is 0 Å². The van der Waals surface area contributed by atoms with Gasteiger partial charge in [0.05, 0.1) is 6.61 Å². The Morgan fingerprint density at radius 3 is 2.64 bits per heavy atom. The number of aryl methyl sites for hydroxylation is 3. The Morgan fingerprint density at radius 2 is 1.94 bits per heavy atom. The lowest BCUT2D eigenvalue weighted by atomic mass is 9.79. The molecule has 0 atom stereocenters. The summed E-state index contributed by atoms with van der Waals surface area (Å²) in [6.07, 6.45) is 6.35. The molecular weight excluding hydrogens is 414 g/mol. The molecule has 0 bridgehead atoms. The van der Waals surface area contributed by atoms with E-state index in [9.17, 15) is 9.59 Å². The van der Waals surface area contributed by atoms with Gasteiger partial charge in [-0.25, -0.2) is 0 Å². The molecule has 3 aromatic rings. The summed E-state index contributed by atoms with van der Waals surface area (Å²) in [5.41, 5.74) is 6.58. The molecule has 5 rings (SSSR count). The fourth-order valence-corrected chi connectivity index (χ4v) is 5.28. The van der Waals surface area contributed by atoms with E-state index >= 15 is 0 Å². The third kappa shape index (κ3) is 3.84. The normalized spacial score (nSPS) is 16.0. The second-order valence-electron chi connectivity index (χ2n) is 9.49. The molecule has 1 spiro atoms. The maximum atomic E-state index is 13.3. The van der Waals surface area contributed by atoms with Crippen LogP contribution in [0.25, 0.3) is 11.1 Å². The van der Waals surface area contributed by atoms with Crippen LogP contribution in [0.2, 0.25) is 0 Å². The maximum absolute atomic E-state index is 13.3.